The third kappa shape index (κ3) is 6.11. The SMILES string of the molecule is C[Si](C)(C)C=C=CCCc1ccccc1. The summed E-state index contributed by atoms with van der Waals surface area (Å²) in [5.41, 5.74) is 6.98. The average molecular weight is 216 g/mol. The van der Waals surface area contributed by atoms with Crippen LogP contribution in [-0.4, -0.2) is 8.07 Å². The van der Waals surface area contributed by atoms with Crippen LogP contribution in [0, 0.1) is 0 Å². The Bertz CT molecular complexity index is 337. The summed E-state index contributed by atoms with van der Waals surface area (Å²) < 4.78 is 0. The first-order valence-corrected chi connectivity index (χ1v) is 9.12. The molecule has 0 radical (unpaired) electrons. The fraction of sp³-hybridized carbons (Fsp3) is 0.357. The number of allylic oxidation sites excluding steroid dienone is 1. The second kappa shape index (κ2) is 5.74. The normalized spacial score (nSPS) is 10.6. The van der Waals surface area contributed by atoms with Crippen LogP contribution in [0.4, 0.5) is 0 Å². The van der Waals surface area contributed by atoms with E-state index in [1.54, 1.807) is 0 Å². The van der Waals surface area contributed by atoms with E-state index in [1.807, 2.05) is 0 Å². The first-order valence-electron chi connectivity index (χ1n) is 5.54. The van der Waals surface area contributed by atoms with Gasteiger partial charge in [0, 0.05) is 0 Å². The highest BCUT2D eigenvalue weighted by molar-refractivity contribution is 6.80. The lowest BCUT2D eigenvalue weighted by atomic mass is 10.1. The maximum atomic E-state index is 3.31. The van der Waals surface area contributed by atoms with Crippen molar-refractivity contribution in [2.45, 2.75) is 32.5 Å². The summed E-state index contributed by atoms with van der Waals surface area (Å²) in [4.78, 5) is 0. The highest BCUT2D eigenvalue weighted by Gasteiger charge is 2.05. The molecule has 15 heavy (non-hydrogen) atoms. The Kier molecular flexibility index (Phi) is 4.61. The smallest absolute Gasteiger partial charge is 0.0781 e. The highest BCUT2D eigenvalue weighted by atomic mass is 28.3. The minimum Gasteiger partial charge on any atom is -0.134 e. The van der Waals surface area contributed by atoms with Crippen molar-refractivity contribution in [2.75, 3.05) is 0 Å². The van der Waals surface area contributed by atoms with Crippen molar-refractivity contribution in [1.29, 1.82) is 0 Å². The summed E-state index contributed by atoms with van der Waals surface area (Å²) in [5.74, 6) is 0. The van der Waals surface area contributed by atoms with Crippen LogP contribution in [0.5, 0.6) is 0 Å². The van der Waals surface area contributed by atoms with Crippen LogP contribution >= 0.6 is 0 Å². The summed E-state index contributed by atoms with van der Waals surface area (Å²) >= 11 is 0. The van der Waals surface area contributed by atoms with Gasteiger partial charge in [-0.3, -0.25) is 0 Å². The molecular formula is C14H20Si. The van der Waals surface area contributed by atoms with Gasteiger partial charge in [-0.1, -0.05) is 55.7 Å². The van der Waals surface area contributed by atoms with Crippen LogP contribution in [0.15, 0.2) is 47.8 Å². The van der Waals surface area contributed by atoms with Crippen molar-refractivity contribution in [3.8, 4) is 0 Å². The molecule has 0 atom stereocenters. The summed E-state index contributed by atoms with van der Waals surface area (Å²) in [6.45, 7) is 6.97. The van der Waals surface area contributed by atoms with Crippen molar-refractivity contribution < 1.29 is 0 Å². The molecule has 0 spiro atoms. The lowest BCUT2D eigenvalue weighted by Crippen LogP contribution is -2.14. The number of hydrogen-bond acceptors (Lipinski definition) is 0. The Morgan fingerprint density at radius 1 is 1.13 bits per heavy atom. The molecule has 0 aliphatic rings. The van der Waals surface area contributed by atoms with Crippen LogP contribution in [0.1, 0.15) is 12.0 Å². The van der Waals surface area contributed by atoms with E-state index in [9.17, 15) is 0 Å². The maximum Gasteiger partial charge on any atom is 0.0781 e. The molecule has 1 heteroatoms. The number of hydrogen-bond donors (Lipinski definition) is 0. The summed E-state index contributed by atoms with van der Waals surface area (Å²) in [7, 11) is -1.05. The number of rotatable bonds is 4. The monoisotopic (exact) mass is 216 g/mol. The Morgan fingerprint density at radius 2 is 1.80 bits per heavy atom. The Hall–Kier alpha value is -1.04. The maximum absolute atomic E-state index is 3.31. The minimum absolute atomic E-state index is 1.05. The lowest BCUT2D eigenvalue weighted by molar-refractivity contribution is 1.00. The van der Waals surface area contributed by atoms with Crippen molar-refractivity contribution >= 4 is 8.07 Å². The van der Waals surface area contributed by atoms with E-state index in [1.165, 1.54) is 5.56 Å². The molecule has 1 aromatic rings. The molecule has 0 unspecified atom stereocenters. The molecule has 0 aliphatic carbocycles. The quantitative estimate of drug-likeness (QED) is 0.522. The first kappa shape index (κ1) is 12.0. The molecule has 0 fully saturated rings. The molecular weight excluding hydrogens is 196 g/mol. The van der Waals surface area contributed by atoms with Crippen LogP contribution in [0.25, 0.3) is 0 Å². The molecule has 0 aliphatic heterocycles. The molecule has 0 heterocycles. The van der Waals surface area contributed by atoms with E-state index in [2.05, 4.69) is 67.5 Å². The molecule has 0 bridgehead atoms. The van der Waals surface area contributed by atoms with Crippen molar-refractivity contribution in [2.24, 2.45) is 0 Å². The zero-order valence-electron chi connectivity index (χ0n) is 9.96. The van der Waals surface area contributed by atoms with Gasteiger partial charge in [0.15, 0.2) is 0 Å². The molecule has 1 rings (SSSR count). The topological polar surface area (TPSA) is 0 Å². The van der Waals surface area contributed by atoms with Gasteiger partial charge in [0.2, 0.25) is 0 Å². The van der Waals surface area contributed by atoms with E-state index < -0.39 is 8.07 Å². The van der Waals surface area contributed by atoms with Crippen LogP contribution in [-0.2, 0) is 6.42 Å². The largest absolute Gasteiger partial charge is 0.134 e. The third-order valence-corrected chi connectivity index (χ3v) is 3.09. The summed E-state index contributed by atoms with van der Waals surface area (Å²) in [5, 5.41) is 0. The van der Waals surface area contributed by atoms with Gasteiger partial charge in [0.05, 0.1) is 8.07 Å². The zero-order valence-corrected chi connectivity index (χ0v) is 11.0. The molecule has 0 N–H and O–H groups in total. The molecule has 1 aromatic carbocycles. The lowest BCUT2D eigenvalue weighted by Gasteiger charge is -2.04. The van der Waals surface area contributed by atoms with Gasteiger partial charge in [0.1, 0.15) is 0 Å². The highest BCUT2D eigenvalue weighted by Crippen LogP contribution is 2.03. The Morgan fingerprint density at radius 3 is 2.40 bits per heavy atom. The predicted molar refractivity (Wildman–Crippen MR) is 70.8 cm³/mol. The summed E-state index contributed by atoms with van der Waals surface area (Å²) in [6.07, 6.45) is 4.36. The predicted octanol–water partition coefficient (Wildman–Crippen LogP) is 4.21. The number of aryl methyl sites for hydroxylation is 1. The van der Waals surface area contributed by atoms with Gasteiger partial charge in [-0.05, 0) is 24.5 Å². The van der Waals surface area contributed by atoms with Crippen molar-refractivity contribution in [3.05, 3.63) is 53.4 Å². The van der Waals surface area contributed by atoms with Gasteiger partial charge < -0.3 is 0 Å². The van der Waals surface area contributed by atoms with E-state index in [4.69, 9.17) is 0 Å². The van der Waals surface area contributed by atoms with Crippen LogP contribution in [0.3, 0.4) is 0 Å². The van der Waals surface area contributed by atoms with Gasteiger partial charge in [-0.2, -0.15) is 0 Å². The standard InChI is InChI=1S/C14H20Si/c1-15(2,3)13-9-5-8-12-14-10-6-4-7-11-14/h4-7,10-11,13H,8,12H2,1-3H3. The van der Waals surface area contributed by atoms with Crippen molar-refractivity contribution in [1.82, 2.24) is 0 Å². The Labute approximate surface area is 94.4 Å². The second-order valence-corrected chi connectivity index (χ2v) is 9.93. The zero-order chi connectivity index (χ0) is 11.1. The second-order valence-electron chi connectivity index (χ2n) is 4.91. The molecule has 0 nitrogen and oxygen atoms in total. The van der Waals surface area contributed by atoms with E-state index in [0.717, 1.165) is 12.8 Å². The van der Waals surface area contributed by atoms with Crippen LogP contribution < -0.4 is 0 Å². The molecule has 0 saturated carbocycles. The molecule has 80 valence electrons. The van der Waals surface area contributed by atoms with Gasteiger partial charge in [-0.25, -0.2) is 0 Å². The molecule has 0 amide bonds. The van der Waals surface area contributed by atoms with E-state index in [-0.39, 0.29) is 0 Å². The molecule has 0 aromatic heterocycles. The summed E-state index contributed by atoms with van der Waals surface area (Å²) in [6, 6.07) is 10.6. The molecule has 0 saturated heterocycles. The van der Waals surface area contributed by atoms with Gasteiger partial charge in [-0.15, -0.1) is 5.73 Å². The fourth-order valence-electron chi connectivity index (χ4n) is 1.28. The first-order chi connectivity index (χ1) is 7.08. The van der Waals surface area contributed by atoms with E-state index in [0.29, 0.717) is 0 Å². The van der Waals surface area contributed by atoms with E-state index >= 15 is 0 Å². The minimum atomic E-state index is -1.05. The van der Waals surface area contributed by atoms with Gasteiger partial charge >= 0.3 is 0 Å². The Balaban J connectivity index is 2.37. The van der Waals surface area contributed by atoms with Gasteiger partial charge in [0.25, 0.3) is 0 Å². The third-order valence-electron chi connectivity index (χ3n) is 2.05. The fourth-order valence-corrected chi connectivity index (χ4v) is 1.89. The number of benzene rings is 1. The van der Waals surface area contributed by atoms with Crippen LogP contribution in [0.2, 0.25) is 19.6 Å². The average Bonchev–Trinajstić information content (AvgIpc) is 2.17. The van der Waals surface area contributed by atoms with Crippen molar-refractivity contribution in [3.63, 3.8) is 0 Å².